The SMILES string of the molecule is Cc1nnnn1C(Cc1ccc(F)cc1)C(=O)NCc1cccc(N2CCCC2=O)c1. The van der Waals surface area contributed by atoms with Crippen molar-refractivity contribution in [2.75, 3.05) is 11.4 Å². The zero-order chi connectivity index (χ0) is 21.8. The second-order valence-corrected chi connectivity index (χ2v) is 7.55. The van der Waals surface area contributed by atoms with Crippen molar-refractivity contribution in [1.29, 1.82) is 0 Å². The Morgan fingerprint density at radius 3 is 2.68 bits per heavy atom. The summed E-state index contributed by atoms with van der Waals surface area (Å²) in [5.41, 5.74) is 2.53. The molecule has 4 rings (SSSR count). The molecule has 0 spiro atoms. The highest BCUT2D eigenvalue weighted by molar-refractivity contribution is 5.95. The van der Waals surface area contributed by atoms with E-state index in [0.717, 1.165) is 23.2 Å². The molecule has 0 bridgehead atoms. The standard InChI is InChI=1S/C22H23FN6O2/c1-15-25-26-27-29(15)20(13-16-7-9-18(23)10-8-16)22(31)24-14-17-4-2-5-19(12-17)28-11-3-6-21(28)30/h2,4-5,7-10,12,20H,3,6,11,13-14H2,1H3,(H,24,31). The lowest BCUT2D eigenvalue weighted by atomic mass is 10.0. The van der Waals surface area contributed by atoms with Crippen LogP contribution in [0.25, 0.3) is 0 Å². The van der Waals surface area contributed by atoms with Gasteiger partial charge in [-0.2, -0.15) is 0 Å². The highest BCUT2D eigenvalue weighted by Gasteiger charge is 2.25. The molecule has 9 heteroatoms. The van der Waals surface area contributed by atoms with Crippen LogP contribution in [-0.4, -0.2) is 38.6 Å². The summed E-state index contributed by atoms with van der Waals surface area (Å²) < 4.78 is 14.7. The highest BCUT2D eigenvalue weighted by Crippen LogP contribution is 2.22. The highest BCUT2D eigenvalue weighted by atomic mass is 19.1. The minimum Gasteiger partial charge on any atom is -0.350 e. The quantitative estimate of drug-likeness (QED) is 0.631. The Morgan fingerprint density at radius 2 is 2.00 bits per heavy atom. The van der Waals surface area contributed by atoms with Gasteiger partial charge in [-0.3, -0.25) is 9.59 Å². The molecule has 1 unspecified atom stereocenters. The number of tetrazole rings is 1. The van der Waals surface area contributed by atoms with Gasteiger partial charge in [0.25, 0.3) is 0 Å². The number of halogens is 1. The molecule has 1 aliphatic rings. The largest absolute Gasteiger partial charge is 0.350 e. The van der Waals surface area contributed by atoms with Crippen LogP contribution in [0.3, 0.4) is 0 Å². The average molecular weight is 422 g/mol. The molecule has 1 aromatic heterocycles. The zero-order valence-electron chi connectivity index (χ0n) is 17.2. The molecule has 0 radical (unpaired) electrons. The Balaban J connectivity index is 1.48. The van der Waals surface area contributed by atoms with Gasteiger partial charge in [0.2, 0.25) is 11.8 Å². The maximum absolute atomic E-state index is 13.3. The number of aromatic nitrogens is 4. The number of anilines is 1. The number of nitrogens with zero attached hydrogens (tertiary/aromatic N) is 5. The fourth-order valence-corrected chi connectivity index (χ4v) is 3.72. The van der Waals surface area contributed by atoms with E-state index in [-0.39, 0.29) is 17.6 Å². The third-order valence-electron chi connectivity index (χ3n) is 5.36. The first-order valence-electron chi connectivity index (χ1n) is 10.2. The molecule has 1 N–H and O–H groups in total. The molecule has 2 heterocycles. The molecule has 3 aromatic rings. The molecule has 1 fully saturated rings. The lowest BCUT2D eigenvalue weighted by Gasteiger charge is -2.19. The molecule has 1 saturated heterocycles. The molecular formula is C22H23FN6O2. The van der Waals surface area contributed by atoms with Gasteiger partial charge in [-0.25, -0.2) is 9.07 Å². The number of rotatable bonds is 7. The van der Waals surface area contributed by atoms with Crippen LogP contribution in [0.4, 0.5) is 10.1 Å². The van der Waals surface area contributed by atoms with Gasteiger partial charge in [0.1, 0.15) is 17.7 Å². The molecule has 0 saturated carbocycles. The number of aryl methyl sites for hydroxylation is 1. The number of nitrogens with one attached hydrogen (secondary N) is 1. The number of carbonyl (C=O) groups excluding carboxylic acids is 2. The maximum Gasteiger partial charge on any atom is 0.245 e. The van der Waals surface area contributed by atoms with E-state index in [2.05, 4.69) is 20.8 Å². The molecule has 1 aliphatic heterocycles. The average Bonchev–Trinajstić information content (AvgIpc) is 3.40. The van der Waals surface area contributed by atoms with Crippen LogP contribution in [0.15, 0.2) is 48.5 Å². The lowest BCUT2D eigenvalue weighted by Crippen LogP contribution is -2.34. The second kappa shape index (κ2) is 9.03. The summed E-state index contributed by atoms with van der Waals surface area (Å²) in [7, 11) is 0. The van der Waals surface area contributed by atoms with Crippen molar-refractivity contribution in [2.45, 2.75) is 38.8 Å². The summed E-state index contributed by atoms with van der Waals surface area (Å²) in [6.45, 7) is 2.74. The summed E-state index contributed by atoms with van der Waals surface area (Å²) in [6, 6.07) is 12.9. The molecule has 2 amide bonds. The van der Waals surface area contributed by atoms with Gasteiger partial charge in [0, 0.05) is 31.6 Å². The number of carbonyl (C=O) groups is 2. The first-order chi connectivity index (χ1) is 15.0. The number of benzene rings is 2. The molecular weight excluding hydrogens is 399 g/mol. The molecule has 1 atom stereocenters. The smallest absolute Gasteiger partial charge is 0.245 e. The fraction of sp³-hybridized carbons (Fsp3) is 0.318. The summed E-state index contributed by atoms with van der Waals surface area (Å²) in [6.07, 6.45) is 1.74. The molecule has 8 nitrogen and oxygen atoms in total. The number of hydrogen-bond donors (Lipinski definition) is 1. The van der Waals surface area contributed by atoms with Crippen LogP contribution in [0.2, 0.25) is 0 Å². The van der Waals surface area contributed by atoms with Gasteiger partial charge in [0.15, 0.2) is 0 Å². The summed E-state index contributed by atoms with van der Waals surface area (Å²) >= 11 is 0. The van der Waals surface area contributed by atoms with Crippen LogP contribution in [0, 0.1) is 12.7 Å². The van der Waals surface area contributed by atoms with E-state index < -0.39 is 6.04 Å². The number of hydrogen-bond acceptors (Lipinski definition) is 5. The summed E-state index contributed by atoms with van der Waals surface area (Å²) in [5, 5.41) is 14.4. The predicted octanol–water partition coefficient (Wildman–Crippen LogP) is 2.35. The Labute approximate surface area is 179 Å². The van der Waals surface area contributed by atoms with Crippen molar-refractivity contribution in [3.05, 3.63) is 71.3 Å². The van der Waals surface area contributed by atoms with E-state index in [0.29, 0.717) is 31.8 Å². The summed E-state index contributed by atoms with van der Waals surface area (Å²) in [5.74, 6) is 0.0496. The first kappa shape index (κ1) is 20.6. The maximum atomic E-state index is 13.3. The van der Waals surface area contributed by atoms with Crippen LogP contribution < -0.4 is 10.2 Å². The monoisotopic (exact) mass is 422 g/mol. The van der Waals surface area contributed by atoms with E-state index in [1.54, 1.807) is 24.0 Å². The van der Waals surface area contributed by atoms with Crippen LogP contribution in [0.1, 0.15) is 35.8 Å². The molecule has 160 valence electrons. The van der Waals surface area contributed by atoms with E-state index in [1.165, 1.54) is 16.8 Å². The minimum absolute atomic E-state index is 0.120. The van der Waals surface area contributed by atoms with Gasteiger partial charge in [-0.05, 0) is 59.2 Å². The lowest BCUT2D eigenvalue weighted by molar-refractivity contribution is -0.125. The van der Waals surface area contributed by atoms with Gasteiger partial charge in [-0.15, -0.1) is 5.10 Å². The molecule has 0 aliphatic carbocycles. The van der Waals surface area contributed by atoms with Crippen molar-refractivity contribution < 1.29 is 14.0 Å². The Bertz CT molecular complexity index is 1080. The normalized spacial score (nSPS) is 14.6. The van der Waals surface area contributed by atoms with E-state index in [9.17, 15) is 14.0 Å². The van der Waals surface area contributed by atoms with E-state index in [1.807, 2.05) is 24.3 Å². The minimum atomic E-state index is -0.677. The van der Waals surface area contributed by atoms with Crippen molar-refractivity contribution >= 4 is 17.5 Å². The first-order valence-corrected chi connectivity index (χ1v) is 10.2. The van der Waals surface area contributed by atoms with Crippen molar-refractivity contribution in [3.63, 3.8) is 0 Å². The topological polar surface area (TPSA) is 93.0 Å². The van der Waals surface area contributed by atoms with Crippen LogP contribution >= 0.6 is 0 Å². The van der Waals surface area contributed by atoms with Gasteiger partial charge in [0.05, 0.1) is 0 Å². The van der Waals surface area contributed by atoms with Crippen molar-refractivity contribution in [1.82, 2.24) is 25.5 Å². The Kier molecular flexibility index (Phi) is 6.01. The fourth-order valence-electron chi connectivity index (χ4n) is 3.72. The third-order valence-corrected chi connectivity index (χ3v) is 5.36. The predicted molar refractivity (Wildman–Crippen MR) is 112 cm³/mol. The van der Waals surface area contributed by atoms with E-state index >= 15 is 0 Å². The Hall–Kier alpha value is -3.62. The van der Waals surface area contributed by atoms with Crippen LogP contribution in [-0.2, 0) is 22.6 Å². The Morgan fingerprint density at radius 1 is 1.19 bits per heavy atom. The third kappa shape index (κ3) is 4.76. The molecule has 2 aromatic carbocycles. The van der Waals surface area contributed by atoms with Gasteiger partial charge < -0.3 is 10.2 Å². The van der Waals surface area contributed by atoms with Gasteiger partial charge in [-0.1, -0.05) is 24.3 Å². The number of amides is 2. The van der Waals surface area contributed by atoms with Crippen molar-refractivity contribution in [2.24, 2.45) is 0 Å². The molecule has 31 heavy (non-hydrogen) atoms. The van der Waals surface area contributed by atoms with Crippen LogP contribution in [0.5, 0.6) is 0 Å². The summed E-state index contributed by atoms with van der Waals surface area (Å²) in [4.78, 5) is 26.8. The van der Waals surface area contributed by atoms with Crippen molar-refractivity contribution in [3.8, 4) is 0 Å². The van der Waals surface area contributed by atoms with E-state index in [4.69, 9.17) is 0 Å². The second-order valence-electron chi connectivity index (χ2n) is 7.55. The van der Waals surface area contributed by atoms with Gasteiger partial charge >= 0.3 is 0 Å². The zero-order valence-corrected chi connectivity index (χ0v) is 17.2.